The number of carbonyl (C=O) groups excluding carboxylic acids is 3. The van der Waals surface area contributed by atoms with Crippen LogP contribution in [0.15, 0.2) is 77.7 Å². The molecule has 2 aromatic rings. The summed E-state index contributed by atoms with van der Waals surface area (Å²) in [6.07, 6.45) is 4.78. The third kappa shape index (κ3) is 9.06. The van der Waals surface area contributed by atoms with E-state index >= 15 is 0 Å². The van der Waals surface area contributed by atoms with E-state index < -0.39 is 41.3 Å². The highest BCUT2D eigenvalue weighted by atomic mass is 16.7. The predicted molar refractivity (Wildman–Crippen MR) is 169 cm³/mol. The van der Waals surface area contributed by atoms with E-state index in [9.17, 15) is 19.5 Å². The van der Waals surface area contributed by atoms with E-state index in [4.69, 9.17) is 10.6 Å². The maximum Gasteiger partial charge on any atom is 0.354 e. The number of nitrogens with two attached hydrogens (primary N) is 1. The highest BCUT2D eigenvalue weighted by Crippen LogP contribution is 2.28. The molecule has 0 heterocycles. The molecule has 4 atom stereocenters. The van der Waals surface area contributed by atoms with Gasteiger partial charge in [0.1, 0.15) is 11.8 Å². The third-order valence-electron chi connectivity index (χ3n) is 7.64. The Morgan fingerprint density at radius 1 is 1.07 bits per heavy atom. The summed E-state index contributed by atoms with van der Waals surface area (Å²) in [6.45, 7) is 9.31. The van der Waals surface area contributed by atoms with Crippen molar-refractivity contribution in [3.05, 3.63) is 88.9 Å². The molecule has 1 aliphatic carbocycles. The van der Waals surface area contributed by atoms with Gasteiger partial charge in [-0.25, -0.2) is 4.79 Å². The first-order chi connectivity index (χ1) is 20.8. The quantitative estimate of drug-likeness (QED) is 0.199. The molecule has 0 aromatic heterocycles. The molecule has 2 amide bonds. The van der Waals surface area contributed by atoms with Crippen LogP contribution in [0.4, 0.5) is 0 Å². The van der Waals surface area contributed by atoms with Crippen molar-refractivity contribution in [3.63, 3.8) is 0 Å². The first-order valence-electron chi connectivity index (χ1n) is 14.7. The summed E-state index contributed by atoms with van der Waals surface area (Å²) in [6, 6.07) is 12.6. The van der Waals surface area contributed by atoms with Crippen molar-refractivity contribution in [3.8, 4) is 16.9 Å². The summed E-state index contributed by atoms with van der Waals surface area (Å²) >= 11 is 0. The Bertz CT molecular complexity index is 1490. The van der Waals surface area contributed by atoms with Gasteiger partial charge in [0.25, 0.3) is 0 Å². The Kier molecular flexibility index (Phi) is 11.9. The van der Waals surface area contributed by atoms with Crippen LogP contribution in [0.2, 0.25) is 0 Å². The summed E-state index contributed by atoms with van der Waals surface area (Å²) < 4.78 is 5.35. The number of nitrogens with one attached hydrogen (secondary N) is 2. The van der Waals surface area contributed by atoms with Crippen LogP contribution in [-0.2, 0) is 25.6 Å². The third-order valence-corrected chi connectivity index (χ3v) is 7.64. The van der Waals surface area contributed by atoms with Crippen LogP contribution in [0.5, 0.6) is 5.75 Å². The van der Waals surface area contributed by atoms with Gasteiger partial charge in [-0.2, -0.15) is 5.90 Å². The molecule has 0 bridgehead atoms. The SMILES string of the molecule is COc1cccc(-c2ccc(CCC[C@@H](C(=O)N[C@H](C(=O)N[C@H](C)C3=C=C=CC=C3)C(C)(C)C)[C@H](O)C(=O)ON)cc2C)c1. The molecule has 0 saturated heterocycles. The highest BCUT2D eigenvalue weighted by molar-refractivity contribution is 5.92. The molecule has 234 valence electrons. The van der Waals surface area contributed by atoms with Crippen molar-refractivity contribution >= 4 is 17.8 Å². The van der Waals surface area contributed by atoms with E-state index in [1.165, 1.54) is 0 Å². The van der Waals surface area contributed by atoms with Crippen molar-refractivity contribution in [2.45, 2.75) is 72.1 Å². The Morgan fingerprint density at radius 2 is 1.82 bits per heavy atom. The standard InChI is InChI=1S/C35H43N3O6/c1-22-20-24(18-19-28(22)26-15-11-16-27(21-26)43-6)12-10-17-29(30(39)34(42)44-36)32(40)38-31(35(3,4)5)33(41)37-23(2)25-13-8-7-9-14-25/h7-8,11,13,15-16,18-21,23,29-31,39H,10,12,17,36H2,1-6H3,(H,37,41)(H,38,40)/t23-,29-,30+,31-/m1/s1. The number of benzene rings is 2. The highest BCUT2D eigenvalue weighted by Gasteiger charge is 2.39. The van der Waals surface area contributed by atoms with Crippen LogP contribution in [0.1, 0.15) is 51.7 Å². The van der Waals surface area contributed by atoms with E-state index in [2.05, 4.69) is 33.0 Å². The second kappa shape index (κ2) is 15.4. The second-order valence-corrected chi connectivity index (χ2v) is 12.1. The topological polar surface area (TPSA) is 140 Å². The minimum absolute atomic E-state index is 0.155. The average molecular weight is 602 g/mol. The monoisotopic (exact) mass is 601 g/mol. The van der Waals surface area contributed by atoms with Crippen molar-refractivity contribution < 1.29 is 29.1 Å². The Balaban J connectivity index is 1.73. The summed E-state index contributed by atoms with van der Waals surface area (Å²) in [4.78, 5) is 43.4. The molecule has 0 unspecified atom stereocenters. The van der Waals surface area contributed by atoms with Gasteiger partial charge in [0, 0.05) is 5.57 Å². The van der Waals surface area contributed by atoms with E-state index in [1.807, 2.05) is 77.1 Å². The molecule has 44 heavy (non-hydrogen) atoms. The number of rotatable bonds is 13. The maximum atomic E-state index is 13.6. The summed E-state index contributed by atoms with van der Waals surface area (Å²) in [7, 11) is 1.63. The fourth-order valence-corrected chi connectivity index (χ4v) is 5.11. The van der Waals surface area contributed by atoms with Crippen molar-refractivity contribution in [2.24, 2.45) is 17.2 Å². The lowest BCUT2D eigenvalue weighted by Crippen LogP contribution is -2.57. The van der Waals surface area contributed by atoms with Gasteiger partial charge in [-0.1, -0.05) is 68.6 Å². The molecule has 5 N–H and O–H groups in total. The fourth-order valence-electron chi connectivity index (χ4n) is 5.11. The van der Waals surface area contributed by atoms with E-state index in [0.29, 0.717) is 12.8 Å². The minimum atomic E-state index is -1.80. The second-order valence-electron chi connectivity index (χ2n) is 12.1. The van der Waals surface area contributed by atoms with Crippen LogP contribution in [-0.4, -0.2) is 48.2 Å². The fraction of sp³-hybridized carbons (Fsp3) is 0.400. The lowest BCUT2D eigenvalue weighted by atomic mass is 9.84. The summed E-state index contributed by atoms with van der Waals surface area (Å²) in [5.41, 5.74) is 10.1. The molecule has 0 spiro atoms. The number of hydrogen-bond acceptors (Lipinski definition) is 7. The number of hydrogen-bond donors (Lipinski definition) is 4. The van der Waals surface area contributed by atoms with Gasteiger partial charge in [0.05, 0.1) is 19.1 Å². The molecule has 9 nitrogen and oxygen atoms in total. The maximum absolute atomic E-state index is 13.6. The zero-order chi connectivity index (χ0) is 32.4. The predicted octanol–water partition coefficient (Wildman–Crippen LogP) is 4.23. The molecule has 3 rings (SSSR count). The molecular formula is C35H43N3O6. The van der Waals surface area contributed by atoms with E-state index in [0.717, 1.165) is 33.6 Å². The summed E-state index contributed by atoms with van der Waals surface area (Å²) in [5, 5.41) is 16.4. The van der Waals surface area contributed by atoms with Crippen molar-refractivity contribution in [1.29, 1.82) is 0 Å². The normalized spacial score (nSPS) is 15.0. The van der Waals surface area contributed by atoms with Gasteiger partial charge < -0.3 is 25.3 Å². The van der Waals surface area contributed by atoms with Crippen LogP contribution in [0, 0.1) is 18.3 Å². The number of aliphatic hydroxyl groups excluding tert-OH is 1. The molecular weight excluding hydrogens is 558 g/mol. The zero-order valence-electron chi connectivity index (χ0n) is 26.3. The lowest BCUT2D eigenvalue weighted by Gasteiger charge is -2.33. The number of carbonyl (C=O) groups is 3. The van der Waals surface area contributed by atoms with Gasteiger partial charge in [0.15, 0.2) is 6.10 Å². The van der Waals surface area contributed by atoms with Crippen LogP contribution in [0.3, 0.4) is 0 Å². The van der Waals surface area contributed by atoms with Crippen molar-refractivity contribution in [1.82, 2.24) is 10.6 Å². The Labute approximate surface area is 259 Å². The van der Waals surface area contributed by atoms with E-state index in [-0.39, 0.29) is 12.5 Å². The van der Waals surface area contributed by atoms with Gasteiger partial charge in [-0.3, -0.25) is 9.59 Å². The Hall–Kier alpha value is -4.39. The molecule has 9 heteroatoms. The van der Waals surface area contributed by atoms with E-state index in [1.54, 1.807) is 19.3 Å². The largest absolute Gasteiger partial charge is 0.497 e. The van der Waals surface area contributed by atoms with Crippen molar-refractivity contribution in [2.75, 3.05) is 7.11 Å². The number of methoxy groups -OCH3 is 1. The molecule has 2 aromatic carbocycles. The number of allylic oxidation sites excluding steroid dienone is 2. The number of ether oxygens (including phenoxy) is 1. The first kappa shape index (κ1) is 34.1. The number of aliphatic hydroxyl groups is 1. The van der Waals surface area contributed by atoms with Crippen LogP contribution < -0.4 is 21.3 Å². The zero-order valence-corrected chi connectivity index (χ0v) is 26.3. The molecule has 0 saturated carbocycles. The molecule has 1 aliphatic rings. The number of aryl methyl sites for hydroxylation is 2. The van der Waals surface area contributed by atoms with Gasteiger partial charge in [0.2, 0.25) is 11.8 Å². The number of amides is 2. The lowest BCUT2D eigenvalue weighted by molar-refractivity contribution is -0.160. The Morgan fingerprint density at radius 3 is 2.43 bits per heavy atom. The van der Waals surface area contributed by atoms with Gasteiger partial charge in [-0.05, 0) is 85.1 Å². The smallest absolute Gasteiger partial charge is 0.354 e. The molecule has 0 radical (unpaired) electrons. The average Bonchev–Trinajstić information content (AvgIpc) is 3.00. The first-order valence-corrected chi connectivity index (χ1v) is 14.7. The minimum Gasteiger partial charge on any atom is -0.497 e. The molecule has 0 fully saturated rings. The van der Waals surface area contributed by atoms with Crippen LogP contribution >= 0.6 is 0 Å². The summed E-state index contributed by atoms with van der Waals surface area (Å²) in [5.74, 6) is 2.46. The van der Waals surface area contributed by atoms with Gasteiger partial charge in [-0.15, -0.1) is 0 Å². The van der Waals surface area contributed by atoms with Crippen LogP contribution in [0.25, 0.3) is 11.1 Å². The van der Waals surface area contributed by atoms with Gasteiger partial charge >= 0.3 is 5.97 Å². The molecule has 0 aliphatic heterocycles.